The molecule has 4 heteroatoms. The molecule has 0 radical (unpaired) electrons. The molecular formula is C10H11ClO2S. The van der Waals surface area contributed by atoms with Gasteiger partial charge in [0.15, 0.2) is 0 Å². The minimum Gasteiger partial charge on any atom is -0.462 e. The predicted molar refractivity (Wildman–Crippen MR) is 59.4 cm³/mol. The number of esters is 1. The van der Waals surface area contributed by atoms with Crippen molar-refractivity contribution in [3.8, 4) is 0 Å². The first kappa shape index (κ1) is 11.4. The van der Waals surface area contributed by atoms with Crippen molar-refractivity contribution in [2.75, 3.05) is 6.61 Å². The Kier molecular flexibility index (Phi) is 3.84. The van der Waals surface area contributed by atoms with Crippen LogP contribution in [0.4, 0.5) is 0 Å². The van der Waals surface area contributed by atoms with Crippen LogP contribution in [0.5, 0.6) is 0 Å². The third-order valence-electron chi connectivity index (χ3n) is 1.84. The normalized spacial score (nSPS) is 10.0. The monoisotopic (exact) mass is 230 g/mol. The van der Waals surface area contributed by atoms with Crippen LogP contribution in [-0.2, 0) is 4.74 Å². The molecule has 0 atom stereocenters. The van der Waals surface area contributed by atoms with Gasteiger partial charge in [0.1, 0.15) is 0 Å². The molecular weight excluding hydrogens is 220 g/mol. The second-order valence-electron chi connectivity index (χ2n) is 2.82. The molecule has 1 aromatic rings. The van der Waals surface area contributed by atoms with Crippen molar-refractivity contribution in [3.05, 3.63) is 28.3 Å². The van der Waals surface area contributed by atoms with E-state index in [9.17, 15) is 4.79 Å². The molecule has 0 heterocycles. The lowest BCUT2D eigenvalue weighted by atomic mass is 10.1. The van der Waals surface area contributed by atoms with Crippen LogP contribution in [0.2, 0.25) is 5.02 Å². The minimum absolute atomic E-state index is 0.354. The van der Waals surface area contributed by atoms with E-state index in [0.717, 1.165) is 5.56 Å². The highest BCUT2D eigenvalue weighted by Crippen LogP contribution is 2.23. The minimum atomic E-state index is -0.359. The number of rotatable bonds is 2. The lowest BCUT2D eigenvalue weighted by Crippen LogP contribution is -2.07. The van der Waals surface area contributed by atoms with E-state index in [1.54, 1.807) is 19.1 Å². The Bertz CT molecular complexity index is 363. The Morgan fingerprint density at radius 3 is 2.79 bits per heavy atom. The number of carbonyl (C=O) groups is 1. The molecule has 0 amide bonds. The number of hydrogen-bond donors (Lipinski definition) is 1. The van der Waals surface area contributed by atoms with Crippen molar-refractivity contribution in [1.29, 1.82) is 0 Å². The number of hydrogen-bond acceptors (Lipinski definition) is 3. The summed E-state index contributed by atoms with van der Waals surface area (Å²) in [5.41, 5.74) is 1.26. The Balaban J connectivity index is 3.13. The molecule has 0 aliphatic rings. The summed E-state index contributed by atoms with van der Waals surface area (Å²) in [6.45, 7) is 3.93. The third-order valence-corrected chi connectivity index (χ3v) is 2.52. The van der Waals surface area contributed by atoms with Crippen molar-refractivity contribution in [2.45, 2.75) is 18.7 Å². The van der Waals surface area contributed by atoms with Crippen molar-refractivity contribution in [1.82, 2.24) is 0 Å². The van der Waals surface area contributed by atoms with E-state index in [2.05, 4.69) is 12.6 Å². The molecule has 14 heavy (non-hydrogen) atoms. The van der Waals surface area contributed by atoms with Crippen LogP contribution in [0, 0.1) is 6.92 Å². The molecule has 2 nitrogen and oxygen atoms in total. The van der Waals surface area contributed by atoms with Gasteiger partial charge in [0.25, 0.3) is 0 Å². The summed E-state index contributed by atoms with van der Waals surface area (Å²) in [4.78, 5) is 12.2. The zero-order valence-electron chi connectivity index (χ0n) is 8.00. The Morgan fingerprint density at radius 2 is 2.21 bits per heavy atom. The summed E-state index contributed by atoms with van der Waals surface area (Å²) >= 11 is 10.0. The Morgan fingerprint density at radius 1 is 1.57 bits per heavy atom. The molecule has 76 valence electrons. The van der Waals surface area contributed by atoms with Gasteiger partial charge < -0.3 is 4.74 Å². The molecule has 0 bridgehead atoms. The van der Waals surface area contributed by atoms with Gasteiger partial charge in [-0.2, -0.15) is 0 Å². The van der Waals surface area contributed by atoms with Crippen LogP contribution in [0.1, 0.15) is 22.8 Å². The van der Waals surface area contributed by atoms with Gasteiger partial charge in [0.05, 0.1) is 12.2 Å². The molecule has 0 aliphatic carbocycles. The van der Waals surface area contributed by atoms with Gasteiger partial charge in [-0.15, -0.1) is 12.6 Å². The molecule has 0 aliphatic heterocycles. The van der Waals surface area contributed by atoms with Gasteiger partial charge in [0, 0.05) is 9.92 Å². The summed E-state index contributed by atoms with van der Waals surface area (Å²) in [6, 6.07) is 3.29. The van der Waals surface area contributed by atoms with E-state index in [-0.39, 0.29) is 5.97 Å². The van der Waals surface area contributed by atoms with E-state index < -0.39 is 0 Å². The fourth-order valence-corrected chi connectivity index (χ4v) is 1.64. The second-order valence-corrected chi connectivity index (χ2v) is 3.74. The van der Waals surface area contributed by atoms with Crippen molar-refractivity contribution in [2.24, 2.45) is 0 Å². The maximum Gasteiger partial charge on any atom is 0.338 e. The number of benzene rings is 1. The number of carbonyl (C=O) groups excluding carboxylic acids is 1. The van der Waals surface area contributed by atoms with E-state index in [0.29, 0.717) is 22.1 Å². The first-order valence-electron chi connectivity index (χ1n) is 4.22. The first-order valence-corrected chi connectivity index (χ1v) is 5.05. The SMILES string of the molecule is CCOC(=O)c1cc(Cl)cc(S)c1C. The second kappa shape index (κ2) is 4.71. The Hall–Kier alpha value is -0.670. The number of halogens is 1. The summed E-state index contributed by atoms with van der Waals surface area (Å²) in [5.74, 6) is -0.359. The van der Waals surface area contributed by atoms with Gasteiger partial charge in [-0.1, -0.05) is 11.6 Å². The third kappa shape index (κ3) is 2.42. The van der Waals surface area contributed by atoms with Crippen LogP contribution < -0.4 is 0 Å². The molecule has 1 rings (SSSR count). The molecule has 0 unspecified atom stereocenters. The highest BCUT2D eigenvalue weighted by Gasteiger charge is 2.12. The average Bonchev–Trinajstić information content (AvgIpc) is 2.11. The molecule has 0 aromatic heterocycles. The summed E-state index contributed by atoms with van der Waals surface area (Å²) in [7, 11) is 0. The number of ether oxygens (including phenoxy) is 1. The van der Waals surface area contributed by atoms with E-state index in [1.807, 2.05) is 6.92 Å². The van der Waals surface area contributed by atoms with Crippen LogP contribution in [-0.4, -0.2) is 12.6 Å². The molecule has 0 saturated heterocycles. The maximum atomic E-state index is 11.5. The quantitative estimate of drug-likeness (QED) is 0.624. The maximum absolute atomic E-state index is 11.5. The summed E-state index contributed by atoms with van der Waals surface area (Å²) < 4.78 is 4.89. The molecule has 0 N–H and O–H groups in total. The largest absolute Gasteiger partial charge is 0.462 e. The summed E-state index contributed by atoms with van der Waals surface area (Å²) in [6.07, 6.45) is 0. The fraction of sp³-hybridized carbons (Fsp3) is 0.300. The predicted octanol–water partition coefficient (Wildman–Crippen LogP) is 3.11. The van der Waals surface area contributed by atoms with Gasteiger partial charge in [-0.25, -0.2) is 4.79 Å². The standard InChI is InChI=1S/C10H11ClO2S/c1-3-13-10(12)8-4-7(11)5-9(14)6(8)2/h4-5,14H,3H2,1-2H3. The van der Waals surface area contributed by atoms with Crippen LogP contribution >= 0.6 is 24.2 Å². The van der Waals surface area contributed by atoms with Gasteiger partial charge >= 0.3 is 5.97 Å². The smallest absolute Gasteiger partial charge is 0.338 e. The molecule has 0 spiro atoms. The van der Waals surface area contributed by atoms with E-state index >= 15 is 0 Å². The Labute approximate surface area is 93.6 Å². The summed E-state index contributed by atoms with van der Waals surface area (Å²) in [5, 5.41) is 0.489. The van der Waals surface area contributed by atoms with E-state index in [4.69, 9.17) is 16.3 Å². The van der Waals surface area contributed by atoms with E-state index in [1.165, 1.54) is 0 Å². The zero-order valence-corrected chi connectivity index (χ0v) is 9.65. The van der Waals surface area contributed by atoms with Crippen molar-refractivity contribution in [3.63, 3.8) is 0 Å². The van der Waals surface area contributed by atoms with Crippen molar-refractivity contribution >= 4 is 30.2 Å². The number of thiol groups is 1. The van der Waals surface area contributed by atoms with Gasteiger partial charge in [-0.3, -0.25) is 0 Å². The fourth-order valence-electron chi connectivity index (χ4n) is 1.09. The lowest BCUT2D eigenvalue weighted by molar-refractivity contribution is 0.0525. The van der Waals surface area contributed by atoms with Crippen LogP contribution in [0.3, 0.4) is 0 Å². The first-order chi connectivity index (χ1) is 6.56. The zero-order chi connectivity index (χ0) is 10.7. The van der Waals surface area contributed by atoms with Gasteiger partial charge in [0.2, 0.25) is 0 Å². The van der Waals surface area contributed by atoms with Gasteiger partial charge in [-0.05, 0) is 31.5 Å². The molecule has 0 saturated carbocycles. The highest BCUT2D eigenvalue weighted by atomic mass is 35.5. The molecule has 0 fully saturated rings. The lowest BCUT2D eigenvalue weighted by Gasteiger charge is -2.07. The molecule has 1 aromatic carbocycles. The van der Waals surface area contributed by atoms with Crippen LogP contribution in [0.15, 0.2) is 17.0 Å². The van der Waals surface area contributed by atoms with Crippen LogP contribution in [0.25, 0.3) is 0 Å². The van der Waals surface area contributed by atoms with Crippen molar-refractivity contribution < 1.29 is 9.53 Å². The highest BCUT2D eigenvalue weighted by molar-refractivity contribution is 7.80. The average molecular weight is 231 g/mol. The topological polar surface area (TPSA) is 26.3 Å².